The third kappa shape index (κ3) is 7.51. The van der Waals surface area contributed by atoms with Gasteiger partial charge < -0.3 is 20.0 Å². The van der Waals surface area contributed by atoms with Gasteiger partial charge in [-0.3, -0.25) is 4.79 Å². The SMILES string of the molecule is C.O=C(CCN1CC2CN(c3ccc(Cl)cc3)CC2C1)N1CCC(Nc2ccc(SC(F)(F)F)cc2)CC1. The van der Waals surface area contributed by atoms with Gasteiger partial charge in [-0.2, -0.15) is 13.2 Å². The molecule has 3 fully saturated rings. The monoisotopic (exact) mass is 568 g/mol. The van der Waals surface area contributed by atoms with Gasteiger partial charge in [-0.15, -0.1) is 0 Å². The van der Waals surface area contributed by atoms with Crippen LogP contribution in [0.1, 0.15) is 26.7 Å². The molecular formula is C28H36ClF3N4OS. The Bertz CT molecular complexity index is 1050. The van der Waals surface area contributed by atoms with Crippen LogP contribution in [-0.4, -0.2) is 73.1 Å². The van der Waals surface area contributed by atoms with Crippen molar-refractivity contribution in [2.24, 2.45) is 11.8 Å². The minimum atomic E-state index is -4.28. The predicted octanol–water partition coefficient (Wildman–Crippen LogP) is 6.45. The molecular weight excluding hydrogens is 533 g/mol. The molecule has 0 aliphatic carbocycles. The minimum absolute atomic E-state index is 0. The van der Waals surface area contributed by atoms with Crippen molar-refractivity contribution in [1.82, 2.24) is 9.80 Å². The molecule has 3 saturated heterocycles. The number of carbonyl (C=O) groups excluding carboxylic acids is 1. The third-order valence-electron chi connectivity index (χ3n) is 7.70. The molecule has 208 valence electrons. The molecule has 2 atom stereocenters. The summed E-state index contributed by atoms with van der Waals surface area (Å²) < 4.78 is 37.5. The number of carbonyl (C=O) groups is 1. The first-order valence-electron chi connectivity index (χ1n) is 12.8. The van der Waals surface area contributed by atoms with Gasteiger partial charge in [0.1, 0.15) is 0 Å². The van der Waals surface area contributed by atoms with Crippen LogP contribution in [0, 0.1) is 11.8 Å². The second-order valence-corrected chi connectivity index (χ2v) is 11.9. The largest absolute Gasteiger partial charge is 0.446 e. The topological polar surface area (TPSA) is 38.8 Å². The second kappa shape index (κ2) is 12.4. The molecule has 10 heteroatoms. The number of alkyl halides is 3. The van der Waals surface area contributed by atoms with Crippen LogP contribution in [0.15, 0.2) is 53.4 Å². The quantitative estimate of drug-likeness (QED) is 0.389. The first-order chi connectivity index (χ1) is 17.7. The van der Waals surface area contributed by atoms with E-state index in [1.807, 2.05) is 17.0 Å². The molecule has 38 heavy (non-hydrogen) atoms. The summed E-state index contributed by atoms with van der Waals surface area (Å²) in [4.78, 5) is 19.9. The summed E-state index contributed by atoms with van der Waals surface area (Å²) in [6.45, 7) is 6.44. The molecule has 0 saturated carbocycles. The van der Waals surface area contributed by atoms with E-state index in [0.29, 0.717) is 31.3 Å². The molecule has 0 radical (unpaired) electrons. The molecule has 0 spiro atoms. The number of nitrogens with zero attached hydrogens (tertiary/aromatic N) is 3. The zero-order chi connectivity index (χ0) is 26.0. The van der Waals surface area contributed by atoms with Crippen LogP contribution in [0.3, 0.4) is 0 Å². The molecule has 2 aromatic rings. The van der Waals surface area contributed by atoms with Crippen molar-refractivity contribution in [2.75, 3.05) is 56.0 Å². The van der Waals surface area contributed by atoms with E-state index in [4.69, 9.17) is 11.6 Å². The van der Waals surface area contributed by atoms with E-state index >= 15 is 0 Å². The number of amides is 1. The number of piperidine rings is 1. The fraction of sp³-hybridized carbons (Fsp3) is 0.536. The highest BCUT2D eigenvalue weighted by atomic mass is 35.5. The van der Waals surface area contributed by atoms with Crippen molar-refractivity contribution in [2.45, 2.75) is 43.1 Å². The number of halogens is 4. The number of fused-ring (bicyclic) bond motifs is 1. The van der Waals surface area contributed by atoms with Crippen LogP contribution in [-0.2, 0) is 4.79 Å². The van der Waals surface area contributed by atoms with Crippen molar-refractivity contribution in [3.05, 3.63) is 53.6 Å². The Kier molecular flexibility index (Phi) is 9.42. The smallest absolute Gasteiger partial charge is 0.382 e. The standard InChI is InChI=1S/C27H32ClF3N4OS.CH4/c28-21-1-5-24(6-2-21)35-17-19-15-33(16-20(19)18-35)12-11-26(36)34-13-9-23(10-14-34)32-22-3-7-25(8-4-22)37-27(29,30)31;/h1-8,19-20,23,32H,9-18H2;1H4. The number of hydrogen-bond donors (Lipinski definition) is 1. The second-order valence-electron chi connectivity index (χ2n) is 10.3. The highest BCUT2D eigenvalue weighted by Crippen LogP contribution is 2.37. The van der Waals surface area contributed by atoms with Crippen LogP contribution in [0.2, 0.25) is 5.02 Å². The zero-order valence-corrected chi connectivity index (χ0v) is 22.2. The molecule has 0 bridgehead atoms. The Balaban J connectivity index is 0.00000336. The van der Waals surface area contributed by atoms with Crippen molar-refractivity contribution in [3.63, 3.8) is 0 Å². The molecule has 1 amide bonds. The van der Waals surface area contributed by atoms with Gasteiger partial charge in [-0.1, -0.05) is 19.0 Å². The van der Waals surface area contributed by atoms with Gasteiger partial charge in [-0.25, -0.2) is 0 Å². The van der Waals surface area contributed by atoms with E-state index in [2.05, 4.69) is 27.2 Å². The highest BCUT2D eigenvalue weighted by Gasteiger charge is 2.40. The summed E-state index contributed by atoms with van der Waals surface area (Å²) in [6, 6.07) is 14.6. The fourth-order valence-corrected chi connectivity index (χ4v) is 6.47. The van der Waals surface area contributed by atoms with E-state index < -0.39 is 5.51 Å². The zero-order valence-electron chi connectivity index (χ0n) is 20.6. The van der Waals surface area contributed by atoms with Crippen LogP contribution in [0.25, 0.3) is 0 Å². The number of anilines is 2. The van der Waals surface area contributed by atoms with Gasteiger partial charge in [-0.05, 0) is 85.0 Å². The average Bonchev–Trinajstić information content (AvgIpc) is 3.43. The first kappa shape index (κ1) is 28.9. The summed E-state index contributed by atoms with van der Waals surface area (Å²) in [7, 11) is 0. The lowest BCUT2D eigenvalue weighted by Gasteiger charge is -2.33. The molecule has 1 N–H and O–H groups in total. The third-order valence-corrected chi connectivity index (χ3v) is 8.69. The van der Waals surface area contributed by atoms with E-state index in [0.717, 1.165) is 56.3 Å². The molecule has 2 aromatic carbocycles. The van der Waals surface area contributed by atoms with Crippen molar-refractivity contribution in [3.8, 4) is 0 Å². The van der Waals surface area contributed by atoms with Crippen LogP contribution >= 0.6 is 23.4 Å². The van der Waals surface area contributed by atoms with Crippen molar-refractivity contribution < 1.29 is 18.0 Å². The van der Waals surface area contributed by atoms with E-state index in [9.17, 15) is 18.0 Å². The number of hydrogen-bond acceptors (Lipinski definition) is 5. The molecule has 3 heterocycles. The average molecular weight is 569 g/mol. The minimum Gasteiger partial charge on any atom is -0.382 e. The van der Waals surface area contributed by atoms with Crippen LogP contribution in [0.4, 0.5) is 24.5 Å². The summed E-state index contributed by atoms with van der Waals surface area (Å²) in [5, 5.41) is 4.16. The number of thioether (sulfide) groups is 1. The van der Waals surface area contributed by atoms with Gasteiger partial charge >= 0.3 is 5.51 Å². The number of rotatable bonds is 7. The van der Waals surface area contributed by atoms with Crippen LogP contribution in [0.5, 0.6) is 0 Å². The maximum Gasteiger partial charge on any atom is 0.446 e. The van der Waals surface area contributed by atoms with Gasteiger partial charge in [0.05, 0.1) is 0 Å². The summed E-state index contributed by atoms with van der Waals surface area (Å²) in [6.07, 6.45) is 2.22. The molecule has 0 aromatic heterocycles. The molecule has 2 unspecified atom stereocenters. The highest BCUT2D eigenvalue weighted by molar-refractivity contribution is 8.00. The normalized spacial score (nSPS) is 22.3. The van der Waals surface area contributed by atoms with Crippen molar-refractivity contribution in [1.29, 1.82) is 0 Å². The maximum atomic E-state index is 12.8. The Morgan fingerprint density at radius 3 is 2.13 bits per heavy atom. The molecule has 5 nitrogen and oxygen atoms in total. The lowest BCUT2D eigenvalue weighted by molar-refractivity contribution is -0.132. The first-order valence-corrected chi connectivity index (χ1v) is 14.0. The molecule has 5 rings (SSSR count). The van der Waals surface area contributed by atoms with Gasteiger partial charge in [0, 0.05) is 79.6 Å². The van der Waals surface area contributed by atoms with Crippen LogP contribution < -0.4 is 10.2 Å². The van der Waals surface area contributed by atoms with Gasteiger partial charge in [0.2, 0.25) is 5.91 Å². The van der Waals surface area contributed by atoms with Gasteiger partial charge in [0.15, 0.2) is 0 Å². The van der Waals surface area contributed by atoms with Gasteiger partial charge in [0.25, 0.3) is 0 Å². The fourth-order valence-electron chi connectivity index (χ4n) is 5.81. The number of nitrogens with one attached hydrogen (secondary N) is 1. The number of benzene rings is 2. The lowest BCUT2D eigenvalue weighted by atomic mass is 10.0. The Hall–Kier alpha value is -2.10. The van der Waals surface area contributed by atoms with E-state index in [-0.39, 0.29) is 36.0 Å². The summed E-state index contributed by atoms with van der Waals surface area (Å²) in [5.41, 5.74) is -2.23. The number of likely N-dealkylation sites (tertiary alicyclic amines) is 2. The summed E-state index contributed by atoms with van der Waals surface area (Å²) in [5.74, 6) is 1.51. The maximum absolute atomic E-state index is 12.8. The molecule has 3 aliphatic rings. The Morgan fingerprint density at radius 2 is 1.55 bits per heavy atom. The lowest BCUT2D eigenvalue weighted by Crippen LogP contribution is -2.43. The van der Waals surface area contributed by atoms with E-state index in [1.165, 1.54) is 17.8 Å². The summed E-state index contributed by atoms with van der Waals surface area (Å²) >= 11 is 5.92. The Labute approximate surface area is 232 Å². The van der Waals surface area contributed by atoms with Crippen molar-refractivity contribution >= 4 is 40.6 Å². The molecule has 3 aliphatic heterocycles. The Morgan fingerprint density at radius 1 is 0.947 bits per heavy atom. The van der Waals surface area contributed by atoms with E-state index in [1.54, 1.807) is 12.1 Å². The predicted molar refractivity (Wildman–Crippen MR) is 150 cm³/mol.